The predicted octanol–water partition coefficient (Wildman–Crippen LogP) is 2.01. The number of ketones is 1. The summed E-state index contributed by atoms with van der Waals surface area (Å²) < 4.78 is 0. The number of aromatic nitrogens is 1. The van der Waals surface area contributed by atoms with Gasteiger partial charge in [0, 0.05) is 30.6 Å². The molecule has 0 aromatic carbocycles. The van der Waals surface area contributed by atoms with Crippen LogP contribution in [-0.4, -0.2) is 47.8 Å². The first kappa shape index (κ1) is 16.6. The molecular formula is C17H25N3O2. The van der Waals surface area contributed by atoms with Crippen molar-refractivity contribution in [1.29, 1.82) is 0 Å². The van der Waals surface area contributed by atoms with Crippen molar-refractivity contribution in [2.75, 3.05) is 31.1 Å². The number of Topliss-reactive ketones (excluding diaryl/α,β-unsaturated/α-hetero) is 1. The van der Waals surface area contributed by atoms with E-state index in [0.717, 1.165) is 17.9 Å². The van der Waals surface area contributed by atoms with E-state index in [4.69, 9.17) is 0 Å². The number of carbonyl (C=O) groups is 2. The van der Waals surface area contributed by atoms with Crippen LogP contribution < -0.4 is 4.90 Å². The van der Waals surface area contributed by atoms with E-state index in [-0.39, 0.29) is 17.1 Å². The first-order chi connectivity index (χ1) is 10.3. The normalized spacial score (nSPS) is 16.9. The van der Waals surface area contributed by atoms with Crippen molar-refractivity contribution in [3.8, 4) is 0 Å². The van der Waals surface area contributed by atoms with Gasteiger partial charge in [-0.2, -0.15) is 0 Å². The maximum atomic E-state index is 12.3. The fraction of sp³-hybridized carbons (Fsp3) is 0.588. The van der Waals surface area contributed by atoms with Crippen LogP contribution >= 0.6 is 0 Å². The quantitative estimate of drug-likeness (QED) is 0.854. The van der Waals surface area contributed by atoms with Crippen molar-refractivity contribution in [3.63, 3.8) is 0 Å². The summed E-state index contributed by atoms with van der Waals surface area (Å²) in [5.41, 5.74) is 1.84. The summed E-state index contributed by atoms with van der Waals surface area (Å²) in [6.45, 7) is 10.2. The first-order valence-corrected chi connectivity index (χ1v) is 7.82. The van der Waals surface area contributed by atoms with Crippen molar-refractivity contribution in [1.82, 2.24) is 9.88 Å². The Morgan fingerprint density at radius 2 is 2.00 bits per heavy atom. The van der Waals surface area contributed by atoms with Crippen LogP contribution in [0.15, 0.2) is 18.3 Å². The monoisotopic (exact) mass is 303 g/mol. The van der Waals surface area contributed by atoms with Gasteiger partial charge in [0.05, 0.1) is 25.0 Å². The number of carbonyl (C=O) groups excluding carboxylic acids is 2. The number of hydrogen-bond donors (Lipinski definition) is 0. The molecule has 0 saturated carbocycles. The van der Waals surface area contributed by atoms with Gasteiger partial charge in [-0.1, -0.05) is 27.7 Å². The van der Waals surface area contributed by atoms with Gasteiger partial charge in [0.15, 0.2) is 0 Å². The zero-order chi connectivity index (χ0) is 16.3. The molecule has 120 valence electrons. The van der Waals surface area contributed by atoms with Crippen molar-refractivity contribution in [3.05, 3.63) is 24.0 Å². The van der Waals surface area contributed by atoms with Crippen LogP contribution in [0.4, 0.5) is 5.69 Å². The molecular weight excluding hydrogens is 278 g/mol. The smallest absolute Gasteiger partial charge is 0.241 e. The number of pyridine rings is 1. The maximum absolute atomic E-state index is 12.3. The number of amides is 1. The van der Waals surface area contributed by atoms with Gasteiger partial charge < -0.3 is 4.90 Å². The molecule has 0 bridgehead atoms. The van der Waals surface area contributed by atoms with E-state index >= 15 is 0 Å². The summed E-state index contributed by atoms with van der Waals surface area (Å²) in [7, 11) is 0. The molecule has 1 aromatic rings. The molecule has 1 amide bonds. The Labute approximate surface area is 132 Å². The highest BCUT2D eigenvalue weighted by atomic mass is 16.2. The minimum Gasteiger partial charge on any atom is -0.308 e. The number of rotatable bonds is 4. The van der Waals surface area contributed by atoms with Gasteiger partial charge in [-0.05, 0) is 12.1 Å². The summed E-state index contributed by atoms with van der Waals surface area (Å²) in [6.07, 6.45) is 2.29. The second kappa shape index (κ2) is 6.57. The Morgan fingerprint density at radius 3 is 2.50 bits per heavy atom. The molecule has 0 radical (unpaired) electrons. The van der Waals surface area contributed by atoms with Crippen molar-refractivity contribution < 1.29 is 9.59 Å². The number of nitrogens with zero attached hydrogens (tertiary/aromatic N) is 3. The van der Waals surface area contributed by atoms with E-state index in [1.807, 2.05) is 24.0 Å². The highest BCUT2D eigenvalue weighted by Gasteiger charge is 2.26. The Bertz CT molecular complexity index is 546. The highest BCUT2D eigenvalue weighted by Crippen LogP contribution is 2.23. The topological polar surface area (TPSA) is 53.5 Å². The van der Waals surface area contributed by atoms with E-state index in [0.29, 0.717) is 26.1 Å². The Balaban J connectivity index is 2.03. The maximum Gasteiger partial charge on any atom is 0.241 e. The SMILES string of the molecule is CCC(=O)CN1CCN(c2ccc(C(C)(C)C)nc2)C(=O)C1. The number of anilines is 1. The summed E-state index contributed by atoms with van der Waals surface area (Å²) in [6, 6.07) is 3.94. The molecule has 1 saturated heterocycles. The van der Waals surface area contributed by atoms with E-state index < -0.39 is 0 Å². The van der Waals surface area contributed by atoms with E-state index in [2.05, 4.69) is 25.8 Å². The standard InChI is InChI=1S/C17H25N3O2/c1-5-14(21)11-19-8-9-20(16(22)12-19)13-6-7-15(18-10-13)17(2,3)4/h6-7,10H,5,8-9,11-12H2,1-4H3. The average Bonchev–Trinajstić information content (AvgIpc) is 2.46. The minimum atomic E-state index is 0.00174. The molecule has 1 fully saturated rings. The molecule has 1 aliphatic heterocycles. The summed E-state index contributed by atoms with van der Waals surface area (Å²) in [5.74, 6) is 0.206. The third-order valence-corrected chi connectivity index (χ3v) is 3.92. The summed E-state index contributed by atoms with van der Waals surface area (Å²) >= 11 is 0. The Hall–Kier alpha value is -1.75. The van der Waals surface area contributed by atoms with Crippen LogP contribution in [0, 0.1) is 0 Å². The third-order valence-electron chi connectivity index (χ3n) is 3.92. The first-order valence-electron chi connectivity index (χ1n) is 7.82. The van der Waals surface area contributed by atoms with Crippen molar-refractivity contribution in [2.24, 2.45) is 0 Å². The van der Waals surface area contributed by atoms with Crippen LogP contribution in [0.2, 0.25) is 0 Å². The molecule has 0 spiro atoms. The predicted molar refractivity (Wildman–Crippen MR) is 87.0 cm³/mol. The highest BCUT2D eigenvalue weighted by molar-refractivity contribution is 5.95. The molecule has 2 rings (SSSR count). The molecule has 5 nitrogen and oxygen atoms in total. The minimum absolute atomic E-state index is 0.00174. The molecule has 1 aromatic heterocycles. The van der Waals surface area contributed by atoms with Gasteiger partial charge in [0.2, 0.25) is 5.91 Å². The fourth-order valence-electron chi connectivity index (χ4n) is 2.48. The van der Waals surface area contributed by atoms with Crippen LogP contribution in [0.25, 0.3) is 0 Å². The zero-order valence-corrected chi connectivity index (χ0v) is 13.9. The van der Waals surface area contributed by atoms with Crippen LogP contribution in [0.3, 0.4) is 0 Å². The van der Waals surface area contributed by atoms with Crippen LogP contribution in [0.1, 0.15) is 39.8 Å². The molecule has 0 N–H and O–H groups in total. The van der Waals surface area contributed by atoms with Crippen molar-refractivity contribution in [2.45, 2.75) is 39.5 Å². The molecule has 5 heteroatoms. The van der Waals surface area contributed by atoms with Gasteiger partial charge in [-0.15, -0.1) is 0 Å². The van der Waals surface area contributed by atoms with Gasteiger partial charge in [-0.3, -0.25) is 19.5 Å². The number of hydrogen-bond acceptors (Lipinski definition) is 4. The van der Waals surface area contributed by atoms with Crippen LogP contribution in [-0.2, 0) is 15.0 Å². The largest absolute Gasteiger partial charge is 0.308 e. The Kier molecular flexibility index (Phi) is 4.96. The van der Waals surface area contributed by atoms with Gasteiger partial charge in [0.25, 0.3) is 0 Å². The molecule has 2 heterocycles. The molecule has 1 aliphatic rings. The molecule has 22 heavy (non-hydrogen) atoms. The lowest BCUT2D eigenvalue weighted by atomic mass is 9.92. The molecule has 0 unspecified atom stereocenters. The van der Waals surface area contributed by atoms with Gasteiger partial charge in [-0.25, -0.2) is 0 Å². The van der Waals surface area contributed by atoms with Gasteiger partial charge >= 0.3 is 0 Å². The zero-order valence-electron chi connectivity index (χ0n) is 13.9. The number of piperazine rings is 1. The lowest BCUT2D eigenvalue weighted by Crippen LogP contribution is -2.51. The second-order valence-corrected chi connectivity index (χ2v) is 6.80. The molecule has 0 aliphatic carbocycles. The Morgan fingerprint density at radius 1 is 1.27 bits per heavy atom. The second-order valence-electron chi connectivity index (χ2n) is 6.80. The lowest BCUT2D eigenvalue weighted by Gasteiger charge is -2.34. The summed E-state index contributed by atoms with van der Waals surface area (Å²) in [4.78, 5) is 31.9. The van der Waals surface area contributed by atoms with Gasteiger partial charge in [0.1, 0.15) is 5.78 Å². The third kappa shape index (κ3) is 3.91. The van der Waals surface area contributed by atoms with E-state index in [1.54, 1.807) is 11.1 Å². The fourth-order valence-corrected chi connectivity index (χ4v) is 2.48. The van der Waals surface area contributed by atoms with Crippen LogP contribution in [0.5, 0.6) is 0 Å². The van der Waals surface area contributed by atoms with E-state index in [9.17, 15) is 9.59 Å². The molecule has 0 atom stereocenters. The van der Waals surface area contributed by atoms with E-state index in [1.165, 1.54) is 0 Å². The average molecular weight is 303 g/mol. The lowest BCUT2D eigenvalue weighted by molar-refractivity contribution is -0.124. The van der Waals surface area contributed by atoms with Crippen molar-refractivity contribution >= 4 is 17.4 Å². The summed E-state index contributed by atoms with van der Waals surface area (Å²) in [5, 5.41) is 0.